The number of morpholine rings is 1. The second-order valence-electron chi connectivity index (χ2n) is 6.51. The number of likely N-dealkylation sites (tertiary alicyclic amines) is 1. The van der Waals surface area contributed by atoms with Gasteiger partial charge in [0.25, 0.3) is 5.91 Å². The summed E-state index contributed by atoms with van der Waals surface area (Å²) in [4.78, 5) is 26.3. The van der Waals surface area contributed by atoms with Gasteiger partial charge in [-0.1, -0.05) is 29.8 Å². The van der Waals surface area contributed by atoms with Crippen molar-refractivity contribution in [2.75, 3.05) is 26.3 Å². The van der Waals surface area contributed by atoms with Gasteiger partial charge in [0, 0.05) is 18.1 Å². The maximum absolute atomic E-state index is 12.9. The molecule has 7 nitrogen and oxygen atoms in total. The van der Waals surface area contributed by atoms with Crippen molar-refractivity contribution in [3.05, 3.63) is 34.9 Å². The standard InChI is InChI=1S/C17H21ClN2O5/c18-12-4-2-1-3-11(12)14-15(25-9-13(22)19-14)16(23)20-7-5-17(24,10-21)6-8-20/h1-4,14-15,21,24H,5-10H2,(H,19,22)/t14-,15+/m1/s1. The molecule has 1 aromatic rings. The minimum Gasteiger partial charge on any atom is -0.393 e. The van der Waals surface area contributed by atoms with Gasteiger partial charge < -0.3 is 25.2 Å². The van der Waals surface area contributed by atoms with Crippen molar-refractivity contribution in [2.24, 2.45) is 0 Å². The molecule has 0 radical (unpaired) electrons. The summed E-state index contributed by atoms with van der Waals surface area (Å²) in [6.45, 7) is 0.122. The molecule has 0 aliphatic carbocycles. The number of piperidine rings is 1. The van der Waals surface area contributed by atoms with Gasteiger partial charge in [-0.05, 0) is 24.5 Å². The van der Waals surface area contributed by atoms with E-state index in [0.29, 0.717) is 36.5 Å². The van der Waals surface area contributed by atoms with E-state index < -0.39 is 17.7 Å². The van der Waals surface area contributed by atoms with E-state index in [4.69, 9.17) is 16.3 Å². The molecule has 3 rings (SSSR count). The molecular weight excluding hydrogens is 348 g/mol. The lowest BCUT2D eigenvalue weighted by Gasteiger charge is -2.40. The highest BCUT2D eigenvalue weighted by atomic mass is 35.5. The molecule has 0 unspecified atom stereocenters. The Kier molecular flexibility index (Phi) is 5.29. The molecule has 2 fully saturated rings. The zero-order valence-corrected chi connectivity index (χ0v) is 14.4. The molecule has 0 saturated carbocycles. The van der Waals surface area contributed by atoms with Crippen molar-refractivity contribution < 1.29 is 24.5 Å². The van der Waals surface area contributed by atoms with Gasteiger partial charge in [-0.25, -0.2) is 0 Å². The number of nitrogens with zero attached hydrogens (tertiary/aromatic N) is 1. The van der Waals surface area contributed by atoms with Crippen molar-refractivity contribution in [2.45, 2.75) is 30.6 Å². The Morgan fingerprint density at radius 3 is 2.68 bits per heavy atom. The fourth-order valence-corrected chi connectivity index (χ4v) is 3.47. The number of nitrogens with one attached hydrogen (secondary N) is 1. The zero-order valence-electron chi connectivity index (χ0n) is 13.7. The molecule has 3 N–H and O–H groups in total. The largest absolute Gasteiger partial charge is 0.393 e. The van der Waals surface area contributed by atoms with Crippen LogP contribution >= 0.6 is 11.6 Å². The number of aliphatic hydroxyl groups excluding tert-OH is 1. The molecule has 1 aromatic carbocycles. The normalized spacial score (nSPS) is 26.2. The minimum absolute atomic E-state index is 0.189. The molecule has 0 spiro atoms. The number of carbonyl (C=O) groups excluding carboxylic acids is 2. The molecule has 8 heteroatoms. The number of hydrogen-bond acceptors (Lipinski definition) is 5. The first kappa shape index (κ1) is 18.1. The Hall–Kier alpha value is -1.67. The average Bonchev–Trinajstić information content (AvgIpc) is 2.62. The third kappa shape index (κ3) is 3.79. The molecule has 0 bridgehead atoms. The van der Waals surface area contributed by atoms with Crippen LogP contribution < -0.4 is 5.32 Å². The Bertz CT molecular complexity index is 660. The number of halogens is 1. The maximum Gasteiger partial charge on any atom is 0.254 e. The topological polar surface area (TPSA) is 99.1 Å². The number of ether oxygens (including phenoxy) is 1. The summed E-state index contributed by atoms with van der Waals surface area (Å²) >= 11 is 6.22. The summed E-state index contributed by atoms with van der Waals surface area (Å²) in [6.07, 6.45) is -0.284. The first-order valence-electron chi connectivity index (χ1n) is 8.21. The molecule has 2 heterocycles. The second-order valence-corrected chi connectivity index (χ2v) is 6.91. The van der Waals surface area contributed by atoms with Crippen LogP contribution in [0.15, 0.2) is 24.3 Å². The van der Waals surface area contributed by atoms with Crippen LogP contribution in [0.3, 0.4) is 0 Å². The van der Waals surface area contributed by atoms with Crippen LogP contribution in [0.5, 0.6) is 0 Å². The Morgan fingerprint density at radius 2 is 2.04 bits per heavy atom. The van der Waals surface area contributed by atoms with Crippen LogP contribution in [-0.4, -0.2) is 64.9 Å². The summed E-state index contributed by atoms with van der Waals surface area (Å²) < 4.78 is 5.53. The molecule has 2 saturated heterocycles. The number of aliphatic hydroxyl groups is 2. The summed E-state index contributed by atoms with van der Waals surface area (Å²) in [5.74, 6) is -0.563. The van der Waals surface area contributed by atoms with Crippen LogP contribution in [0.1, 0.15) is 24.4 Å². The van der Waals surface area contributed by atoms with E-state index in [0.717, 1.165) is 0 Å². The van der Waals surface area contributed by atoms with E-state index in [-0.39, 0.29) is 25.0 Å². The van der Waals surface area contributed by atoms with Gasteiger partial charge in [0.15, 0.2) is 6.10 Å². The summed E-state index contributed by atoms with van der Waals surface area (Å²) in [6, 6.07) is 6.34. The van der Waals surface area contributed by atoms with Gasteiger partial charge in [-0.15, -0.1) is 0 Å². The minimum atomic E-state index is -1.14. The second kappa shape index (κ2) is 7.29. The van der Waals surface area contributed by atoms with Crippen LogP contribution in [0.25, 0.3) is 0 Å². The highest BCUT2D eigenvalue weighted by molar-refractivity contribution is 6.31. The van der Waals surface area contributed by atoms with Gasteiger partial charge in [0.1, 0.15) is 6.61 Å². The van der Waals surface area contributed by atoms with Gasteiger partial charge in [0.2, 0.25) is 5.91 Å². The molecular formula is C17H21ClN2O5. The quantitative estimate of drug-likeness (QED) is 0.710. The fourth-order valence-electron chi connectivity index (χ4n) is 3.22. The van der Waals surface area contributed by atoms with Crippen molar-refractivity contribution in [3.63, 3.8) is 0 Å². The van der Waals surface area contributed by atoms with E-state index in [1.54, 1.807) is 29.2 Å². The molecule has 2 amide bonds. The molecule has 2 aliphatic heterocycles. The third-order valence-electron chi connectivity index (χ3n) is 4.80. The van der Waals surface area contributed by atoms with Gasteiger partial charge in [-0.2, -0.15) is 0 Å². The molecule has 2 atom stereocenters. The molecule has 2 aliphatic rings. The molecule has 25 heavy (non-hydrogen) atoms. The van der Waals surface area contributed by atoms with E-state index in [2.05, 4.69) is 5.32 Å². The Morgan fingerprint density at radius 1 is 1.36 bits per heavy atom. The van der Waals surface area contributed by atoms with Crippen LogP contribution in [0, 0.1) is 0 Å². The lowest BCUT2D eigenvalue weighted by molar-refractivity contribution is -0.158. The van der Waals surface area contributed by atoms with Crippen molar-refractivity contribution in [1.82, 2.24) is 10.2 Å². The van der Waals surface area contributed by atoms with Crippen molar-refractivity contribution in [3.8, 4) is 0 Å². The van der Waals surface area contributed by atoms with Crippen LogP contribution in [0.2, 0.25) is 5.02 Å². The van der Waals surface area contributed by atoms with Crippen molar-refractivity contribution in [1.29, 1.82) is 0 Å². The Balaban J connectivity index is 1.78. The number of carbonyl (C=O) groups is 2. The van der Waals surface area contributed by atoms with E-state index in [1.165, 1.54) is 0 Å². The van der Waals surface area contributed by atoms with Gasteiger partial charge >= 0.3 is 0 Å². The lowest BCUT2D eigenvalue weighted by atomic mass is 9.91. The first-order valence-corrected chi connectivity index (χ1v) is 8.59. The van der Waals surface area contributed by atoms with E-state index in [1.807, 2.05) is 0 Å². The average molecular weight is 369 g/mol. The predicted molar refractivity (Wildman–Crippen MR) is 89.9 cm³/mol. The fraction of sp³-hybridized carbons (Fsp3) is 0.529. The Labute approximate surface area is 150 Å². The zero-order chi connectivity index (χ0) is 18.0. The summed E-state index contributed by atoms with van der Waals surface area (Å²) in [5, 5.41) is 22.6. The number of rotatable bonds is 3. The monoisotopic (exact) mass is 368 g/mol. The number of amides is 2. The third-order valence-corrected chi connectivity index (χ3v) is 5.14. The van der Waals surface area contributed by atoms with E-state index in [9.17, 15) is 19.8 Å². The van der Waals surface area contributed by atoms with Crippen LogP contribution in [0.4, 0.5) is 0 Å². The van der Waals surface area contributed by atoms with E-state index >= 15 is 0 Å². The lowest BCUT2D eigenvalue weighted by Crippen LogP contribution is -2.56. The smallest absolute Gasteiger partial charge is 0.254 e. The SMILES string of the molecule is O=C1CO[C@H](C(=O)N2CCC(O)(CO)CC2)[C@@H](c2ccccc2Cl)N1. The highest BCUT2D eigenvalue weighted by Gasteiger charge is 2.41. The van der Waals surface area contributed by atoms with Gasteiger partial charge in [-0.3, -0.25) is 9.59 Å². The van der Waals surface area contributed by atoms with Crippen LogP contribution in [-0.2, 0) is 14.3 Å². The molecule has 136 valence electrons. The first-order chi connectivity index (χ1) is 11.9. The predicted octanol–water partition coefficient (Wildman–Crippen LogP) is 0.242. The molecule has 0 aromatic heterocycles. The number of benzene rings is 1. The maximum atomic E-state index is 12.9. The van der Waals surface area contributed by atoms with Crippen molar-refractivity contribution >= 4 is 23.4 Å². The number of hydrogen-bond donors (Lipinski definition) is 3. The van der Waals surface area contributed by atoms with Gasteiger partial charge in [0.05, 0.1) is 18.2 Å². The highest BCUT2D eigenvalue weighted by Crippen LogP contribution is 2.30. The summed E-state index contributed by atoms with van der Waals surface area (Å²) in [5.41, 5.74) is -0.514. The summed E-state index contributed by atoms with van der Waals surface area (Å²) in [7, 11) is 0.